The van der Waals surface area contributed by atoms with Crippen molar-refractivity contribution < 1.29 is 4.74 Å². The Labute approximate surface area is 137 Å². The predicted molar refractivity (Wildman–Crippen MR) is 93.3 cm³/mol. The molecule has 1 N–H and O–H groups in total. The summed E-state index contributed by atoms with van der Waals surface area (Å²) in [5.41, 5.74) is 2.49. The molecule has 1 atom stereocenters. The van der Waals surface area contributed by atoms with Crippen LogP contribution >= 0.6 is 12.4 Å². The molecule has 2 aromatic carbocycles. The van der Waals surface area contributed by atoms with E-state index in [2.05, 4.69) is 53.6 Å². The number of para-hydroxylation sites is 1. The topological polar surface area (TPSA) is 33.6 Å². The van der Waals surface area contributed by atoms with Crippen LogP contribution in [0.15, 0.2) is 59.6 Å². The molecule has 1 aliphatic heterocycles. The van der Waals surface area contributed by atoms with Crippen molar-refractivity contribution in [3.8, 4) is 5.75 Å². The van der Waals surface area contributed by atoms with E-state index in [0.29, 0.717) is 12.6 Å². The number of amidine groups is 1. The van der Waals surface area contributed by atoms with Crippen LogP contribution in [0.3, 0.4) is 0 Å². The van der Waals surface area contributed by atoms with Gasteiger partial charge in [-0.2, -0.15) is 0 Å². The second kappa shape index (κ2) is 7.85. The molecule has 0 aliphatic carbocycles. The predicted octanol–water partition coefficient (Wildman–Crippen LogP) is 3.47. The minimum Gasteiger partial charge on any atom is -0.485 e. The molecule has 4 heteroatoms. The van der Waals surface area contributed by atoms with Crippen LogP contribution < -0.4 is 10.1 Å². The van der Waals surface area contributed by atoms with Crippen molar-refractivity contribution in [2.75, 3.05) is 13.2 Å². The second-order valence-electron chi connectivity index (χ2n) is 5.39. The van der Waals surface area contributed by atoms with Gasteiger partial charge in [0.15, 0.2) is 0 Å². The molecule has 116 valence electrons. The zero-order valence-electron chi connectivity index (χ0n) is 12.7. The Morgan fingerprint density at radius 3 is 2.55 bits per heavy atom. The van der Waals surface area contributed by atoms with Crippen LogP contribution in [0.2, 0.25) is 0 Å². The lowest BCUT2D eigenvalue weighted by Crippen LogP contribution is -2.31. The monoisotopic (exact) mass is 316 g/mol. The highest BCUT2D eigenvalue weighted by molar-refractivity contribution is 5.85. The average molecular weight is 317 g/mol. The van der Waals surface area contributed by atoms with Crippen molar-refractivity contribution >= 4 is 18.2 Å². The maximum absolute atomic E-state index is 5.95. The van der Waals surface area contributed by atoms with Gasteiger partial charge >= 0.3 is 0 Å². The minimum absolute atomic E-state index is 0. The maximum atomic E-state index is 5.95. The van der Waals surface area contributed by atoms with Crippen molar-refractivity contribution in [3.05, 3.63) is 65.7 Å². The number of aliphatic imine (C=N–C) groups is 1. The Kier molecular flexibility index (Phi) is 5.84. The summed E-state index contributed by atoms with van der Waals surface area (Å²) in [7, 11) is 0. The fraction of sp³-hybridized carbons (Fsp3) is 0.278. The number of nitrogens with one attached hydrogen (secondary N) is 1. The molecule has 1 aliphatic rings. The summed E-state index contributed by atoms with van der Waals surface area (Å²) in [6.45, 7) is 3.47. The van der Waals surface area contributed by atoms with E-state index in [1.54, 1.807) is 0 Å². The molecule has 1 unspecified atom stereocenters. The fourth-order valence-corrected chi connectivity index (χ4v) is 2.46. The number of rotatable bonds is 5. The summed E-state index contributed by atoms with van der Waals surface area (Å²) < 4.78 is 5.95. The van der Waals surface area contributed by atoms with E-state index in [-0.39, 0.29) is 12.4 Å². The van der Waals surface area contributed by atoms with Crippen LogP contribution in [0.1, 0.15) is 18.1 Å². The summed E-state index contributed by atoms with van der Waals surface area (Å²) in [6, 6.07) is 19.1. The van der Waals surface area contributed by atoms with Gasteiger partial charge in [0, 0.05) is 12.5 Å². The highest BCUT2D eigenvalue weighted by Crippen LogP contribution is 2.21. The minimum atomic E-state index is 0. The van der Waals surface area contributed by atoms with Crippen molar-refractivity contribution in [2.45, 2.75) is 19.4 Å². The van der Waals surface area contributed by atoms with Crippen LogP contribution in [0.25, 0.3) is 0 Å². The molecular formula is C18H21ClN2O. The molecular weight excluding hydrogens is 296 g/mol. The summed E-state index contributed by atoms with van der Waals surface area (Å²) in [5.74, 6) is 1.88. The lowest BCUT2D eigenvalue weighted by molar-refractivity contribution is 0.369. The molecule has 0 radical (unpaired) electrons. The third-order valence-electron chi connectivity index (χ3n) is 3.54. The smallest absolute Gasteiger partial charge is 0.145 e. The van der Waals surface area contributed by atoms with Crippen LogP contribution in [-0.4, -0.2) is 25.0 Å². The summed E-state index contributed by atoms with van der Waals surface area (Å²) >= 11 is 0. The molecule has 0 saturated heterocycles. The Bertz CT molecular complexity index is 628. The normalized spacial score (nSPS) is 16.4. The fourth-order valence-electron chi connectivity index (χ4n) is 2.46. The zero-order valence-corrected chi connectivity index (χ0v) is 13.5. The van der Waals surface area contributed by atoms with Gasteiger partial charge in [-0.25, -0.2) is 0 Å². The molecule has 0 amide bonds. The van der Waals surface area contributed by atoms with Gasteiger partial charge in [0.25, 0.3) is 0 Å². The third-order valence-corrected chi connectivity index (χ3v) is 3.54. The number of hydrogen-bond acceptors (Lipinski definition) is 3. The van der Waals surface area contributed by atoms with Gasteiger partial charge in [-0.3, -0.25) is 4.99 Å². The third kappa shape index (κ3) is 4.25. The molecule has 0 spiro atoms. The first-order valence-electron chi connectivity index (χ1n) is 7.36. The highest BCUT2D eigenvalue weighted by atomic mass is 35.5. The Hall–Kier alpha value is -2.00. The number of hydrogen-bond donors (Lipinski definition) is 1. The first kappa shape index (κ1) is 16.4. The van der Waals surface area contributed by atoms with Gasteiger partial charge in [-0.1, -0.05) is 48.5 Å². The van der Waals surface area contributed by atoms with Crippen molar-refractivity contribution in [2.24, 2.45) is 4.99 Å². The lowest BCUT2D eigenvalue weighted by atomic mass is 10.0. The molecule has 0 aromatic heterocycles. The number of halogens is 1. The molecule has 1 heterocycles. The number of ether oxygens (including phenoxy) is 1. The van der Waals surface area contributed by atoms with Crippen molar-refractivity contribution in [3.63, 3.8) is 0 Å². The standard InChI is InChI=1S/C18H20N2O.ClH/c1-14-12-19-18(20-14)13-21-17-10-6-5-9-16(17)11-15-7-3-2-4-8-15;/h2-10,14H,11-13H2,1H3,(H,19,20);1H. The Morgan fingerprint density at radius 1 is 1.09 bits per heavy atom. The van der Waals surface area contributed by atoms with E-state index >= 15 is 0 Å². The SMILES string of the molecule is CC1CN=C(COc2ccccc2Cc2ccccc2)N1.Cl. The summed E-state index contributed by atoms with van der Waals surface area (Å²) in [6.07, 6.45) is 0.882. The average Bonchev–Trinajstić information content (AvgIpc) is 2.93. The van der Waals surface area contributed by atoms with Gasteiger partial charge in [-0.15, -0.1) is 12.4 Å². The number of benzene rings is 2. The molecule has 0 fully saturated rings. The molecule has 2 aromatic rings. The maximum Gasteiger partial charge on any atom is 0.145 e. The number of nitrogens with zero attached hydrogens (tertiary/aromatic N) is 1. The van der Waals surface area contributed by atoms with Crippen molar-refractivity contribution in [1.82, 2.24) is 5.32 Å². The molecule has 3 rings (SSSR count). The first-order valence-corrected chi connectivity index (χ1v) is 7.36. The van der Waals surface area contributed by atoms with E-state index in [9.17, 15) is 0 Å². The molecule has 0 bridgehead atoms. The quantitative estimate of drug-likeness (QED) is 0.916. The second-order valence-corrected chi connectivity index (χ2v) is 5.39. The van der Waals surface area contributed by atoms with E-state index in [0.717, 1.165) is 24.6 Å². The van der Waals surface area contributed by atoms with Crippen molar-refractivity contribution in [1.29, 1.82) is 0 Å². The van der Waals surface area contributed by atoms with Gasteiger partial charge in [0.05, 0.1) is 6.54 Å². The van der Waals surface area contributed by atoms with Gasteiger partial charge < -0.3 is 10.1 Å². The summed E-state index contributed by atoms with van der Waals surface area (Å²) in [4.78, 5) is 4.43. The molecule has 0 saturated carbocycles. The molecule has 3 nitrogen and oxygen atoms in total. The van der Waals surface area contributed by atoms with E-state index in [4.69, 9.17) is 4.74 Å². The van der Waals surface area contributed by atoms with Crippen LogP contribution in [0.5, 0.6) is 5.75 Å². The van der Waals surface area contributed by atoms with Crippen LogP contribution in [-0.2, 0) is 6.42 Å². The van der Waals surface area contributed by atoms with E-state index < -0.39 is 0 Å². The van der Waals surface area contributed by atoms with Gasteiger partial charge in [0.1, 0.15) is 18.2 Å². The summed E-state index contributed by atoms with van der Waals surface area (Å²) in [5, 5.41) is 3.32. The van der Waals surface area contributed by atoms with Gasteiger partial charge in [0.2, 0.25) is 0 Å². The Morgan fingerprint density at radius 2 is 1.82 bits per heavy atom. The van der Waals surface area contributed by atoms with Crippen LogP contribution in [0, 0.1) is 0 Å². The largest absolute Gasteiger partial charge is 0.485 e. The van der Waals surface area contributed by atoms with Gasteiger partial charge in [-0.05, 0) is 24.1 Å². The first-order chi connectivity index (χ1) is 10.3. The van der Waals surface area contributed by atoms with E-state index in [1.165, 1.54) is 11.1 Å². The highest BCUT2D eigenvalue weighted by Gasteiger charge is 2.13. The Balaban J connectivity index is 0.00000176. The van der Waals surface area contributed by atoms with E-state index in [1.807, 2.05) is 18.2 Å². The van der Waals surface area contributed by atoms with Crippen LogP contribution in [0.4, 0.5) is 0 Å². The lowest BCUT2D eigenvalue weighted by Gasteiger charge is -2.12. The molecule has 22 heavy (non-hydrogen) atoms. The zero-order chi connectivity index (χ0) is 14.5.